The van der Waals surface area contributed by atoms with Crippen molar-refractivity contribution in [3.05, 3.63) is 6.57 Å². The molecule has 0 aliphatic carbocycles. The fraction of sp³-hybridized carbons (Fsp3) is 0.938. The number of nitrogens with zero attached hydrogens (tertiary/aromatic N) is 1. The van der Waals surface area contributed by atoms with Crippen molar-refractivity contribution in [1.82, 2.24) is 0 Å². The summed E-state index contributed by atoms with van der Waals surface area (Å²) in [5.41, 5.74) is 0. The maximum Gasteiger partial charge on any atom is 0.0846 e. The van der Waals surface area contributed by atoms with Gasteiger partial charge in [-0.2, -0.15) is 0 Å². The normalized spacial score (nSPS) is 23.1. The van der Waals surface area contributed by atoms with E-state index < -0.39 is 0 Å². The zero-order valence-electron chi connectivity index (χ0n) is 12.5. The number of piperidine rings is 1. The Labute approximate surface area is 114 Å². The zero-order valence-corrected chi connectivity index (χ0v) is 12.5. The summed E-state index contributed by atoms with van der Waals surface area (Å²) in [5.74, 6) is 0. The van der Waals surface area contributed by atoms with E-state index >= 15 is 0 Å². The van der Waals surface area contributed by atoms with E-state index in [2.05, 4.69) is 13.8 Å². The summed E-state index contributed by atoms with van der Waals surface area (Å²) >= 11 is 0. The molecule has 0 amide bonds. The van der Waals surface area contributed by atoms with Gasteiger partial charge in [-0.15, -0.1) is 0 Å². The first-order valence-electron chi connectivity index (χ1n) is 7.91. The van der Waals surface area contributed by atoms with Crippen LogP contribution in [0.5, 0.6) is 0 Å². The third-order valence-corrected chi connectivity index (χ3v) is 4.18. The molecule has 0 saturated carbocycles. The van der Waals surface area contributed by atoms with Crippen LogP contribution in [0.3, 0.4) is 0 Å². The fourth-order valence-electron chi connectivity index (χ4n) is 2.93. The van der Waals surface area contributed by atoms with Gasteiger partial charge in [-0.1, -0.05) is 39.0 Å². The second-order valence-electron chi connectivity index (χ2n) is 5.68. The Morgan fingerprint density at radius 1 is 1.00 bits per heavy atom. The first-order chi connectivity index (χ1) is 8.84. The quantitative estimate of drug-likeness (QED) is 0.521. The van der Waals surface area contributed by atoms with E-state index in [1.165, 1.54) is 77.3 Å². The average Bonchev–Trinajstić information content (AvgIpc) is 2.42. The molecule has 1 fully saturated rings. The van der Waals surface area contributed by atoms with Gasteiger partial charge in [-0.3, -0.25) is 0 Å². The van der Waals surface area contributed by atoms with Crippen LogP contribution in [0.15, 0.2) is 0 Å². The van der Waals surface area contributed by atoms with Crippen LogP contribution in [-0.2, 0) is 0 Å². The highest BCUT2D eigenvalue weighted by atomic mass is 15.1. The molecule has 0 radical (unpaired) electrons. The second-order valence-corrected chi connectivity index (χ2v) is 5.68. The first-order valence-corrected chi connectivity index (χ1v) is 7.91. The molecule has 2 heteroatoms. The topological polar surface area (TPSA) is 28.2 Å². The molecule has 0 bridgehead atoms. The van der Waals surface area contributed by atoms with Crippen LogP contribution in [0.2, 0.25) is 0 Å². The molecule has 1 rings (SSSR count). The van der Waals surface area contributed by atoms with Crippen molar-refractivity contribution < 1.29 is 4.90 Å². The minimum Gasteiger partial charge on any atom is -0.512 e. The summed E-state index contributed by atoms with van der Waals surface area (Å²) in [5, 5.41) is 6.25. The van der Waals surface area contributed by atoms with Crippen LogP contribution in [0.4, 0.5) is 0 Å². The molecule has 18 heavy (non-hydrogen) atoms. The van der Waals surface area contributed by atoms with Gasteiger partial charge in [-0.25, -0.2) is 0 Å². The summed E-state index contributed by atoms with van der Waals surface area (Å²) in [6.45, 7) is 12.4. The SMILES string of the molecule is CCCCCCCCC[NH+]1CCCCC1C.[C-]#N. The van der Waals surface area contributed by atoms with Gasteiger partial charge in [0.1, 0.15) is 0 Å². The summed E-state index contributed by atoms with van der Waals surface area (Å²) in [7, 11) is 0. The fourth-order valence-corrected chi connectivity index (χ4v) is 2.93. The van der Waals surface area contributed by atoms with Gasteiger partial charge >= 0.3 is 0 Å². The van der Waals surface area contributed by atoms with Crippen LogP contribution in [-0.4, -0.2) is 19.1 Å². The molecule has 0 spiro atoms. The Morgan fingerprint density at radius 3 is 2.22 bits per heavy atom. The highest BCUT2D eigenvalue weighted by molar-refractivity contribution is 4.55. The lowest BCUT2D eigenvalue weighted by Crippen LogP contribution is -3.16. The van der Waals surface area contributed by atoms with Crippen molar-refractivity contribution in [3.8, 4) is 0 Å². The maximum atomic E-state index is 6.25. The largest absolute Gasteiger partial charge is 0.512 e. The Morgan fingerprint density at radius 2 is 1.61 bits per heavy atom. The van der Waals surface area contributed by atoms with Crippen molar-refractivity contribution >= 4 is 0 Å². The first kappa shape index (κ1) is 17.4. The van der Waals surface area contributed by atoms with E-state index in [1.807, 2.05) is 4.90 Å². The number of rotatable bonds is 8. The third-order valence-electron chi connectivity index (χ3n) is 4.18. The Bertz CT molecular complexity index is 189. The molecule has 1 N–H and O–H groups in total. The van der Waals surface area contributed by atoms with Crippen LogP contribution >= 0.6 is 0 Å². The zero-order chi connectivity index (χ0) is 13.6. The smallest absolute Gasteiger partial charge is 0.0846 e. The van der Waals surface area contributed by atoms with Gasteiger partial charge in [0, 0.05) is 0 Å². The Balaban J connectivity index is 0.00000137. The van der Waals surface area contributed by atoms with Gasteiger partial charge in [0.05, 0.1) is 19.1 Å². The second kappa shape index (κ2) is 12.9. The van der Waals surface area contributed by atoms with Crippen LogP contribution in [0.1, 0.15) is 78.1 Å². The van der Waals surface area contributed by atoms with E-state index in [-0.39, 0.29) is 0 Å². The molecule has 1 saturated heterocycles. The van der Waals surface area contributed by atoms with Crippen LogP contribution in [0, 0.1) is 11.8 Å². The highest BCUT2D eigenvalue weighted by Crippen LogP contribution is 2.07. The van der Waals surface area contributed by atoms with E-state index in [4.69, 9.17) is 11.8 Å². The van der Waals surface area contributed by atoms with Crippen molar-refractivity contribution in [3.63, 3.8) is 0 Å². The molecule has 0 aromatic heterocycles. The molecular formula is C16H32N2. The predicted molar refractivity (Wildman–Crippen MR) is 77.0 cm³/mol. The summed E-state index contributed by atoms with van der Waals surface area (Å²) in [4.78, 5) is 1.89. The third kappa shape index (κ3) is 8.53. The molecule has 2 unspecified atom stereocenters. The number of hydrogen-bond donors (Lipinski definition) is 1. The van der Waals surface area contributed by atoms with Crippen molar-refractivity contribution in [2.45, 2.75) is 84.1 Å². The van der Waals surface area contributed by atoms with Crippen LogP contribution < -0.4 is 4.90 Å². The van der Waals surface area contributed by atoms with Gasteiger partial charge in [0.25, 0.3) is 0 Å². The maximum absolute atomic E-state index is 6.25. The Hall–Kier alpha value is -0.550. The van der Waals surface area contributed by atoms with E-state index in [0.29, 0.717) is 0 Å². The van der Waals surface area contributed by atoms with Gasteiger partial charge in [0.2, 0.25) is 0 Å². The number of unbranched alkanes of at least 4 members (excludes halogenated alkanes) is 6. The molecule has 2 atom stereocenters. The number of likely N-dealkylation sites (tertiary alicyclic amines) is 1. The lowest BCUT2D eigenvalue weighted by molar-refractivity contribution is -0.928. The average molecular weight is 252 g/mol. The summed E-state index contributed by atoms with van der Waals surface area (Å²) in [6.07, 6.45) is 14.6. The molecule has 2 nitrogen and oxygen atoms in total. The standard InChI is InChI=1S/C15H31N.CN/c1-3-4-5-6-7-8-10-13-16-14-11-9-12-15(16)2;1-2/h15H,3-14H2,1-2H3;/q;-1/p+1. The molecular weight excluding hydrogens is 220 g/mol. The highest BCUT2D eigenvalue weighted by Gasteiger charge is 2.20. The summed E-state index contributed by atoms with van der Waals surface area (Å²) in [6, 6.07) is 0.939. The minimum atomic E-state index is 0.939. The minimum absolute atomic E-state index is 0.939. The lowest BCUT2D eigenvalue weighted by atomic mass is 10.0. The Kier molecular flexibility index (Phi) is 12.5. The number of nitrogens with one attached hydrogen (secondary N) is 1. The van der Waals surface area contributed by atoms with Crippen molar-refractivity contribution in [2.75, 3.05) is 13.1 Å². The number of quaternary nitrogens is 1. The lowest BCUT2D eigenvalue weighted by Gasteiger charge is -2.30. The van der Waals surface area contributed by atoms with Gasteiger partial charge < -0.3 is 16.7 Å². The molecule has 1 aliphatic heterocycles. The van der Waals surface area contributed by atoms with Crippen LogP contribution in [0.25, 0.3) is 0 Å². The monoisotopic (exact) mass is 252 g/mol. The number of hydrogen-bond acceptors (Lipinski definition) is 1. The van der Waals surface area contributed by atoms with Crippen molar-refractivity contribution in [2.24, 2.45) is 0 Å². The molecule has 1 aliphatic rings. The van der Waals surface area contributed by atoms with E-state index in [0.717, 1.165) is 6.04 Å². The molecule has 0 aromatic rings. The van der Waals surface area contributed by atoms with Gasteiger partial charge in [0.15, 0.2) is 0 Å². The molecule has 106 valence electrons. The molecule has 0 aromatic carbocycles. The van der Waals surface area contributed by atoms with Gasteiger partial charge in [-0.05, 0) is 39.0 Å². The van der Waals surface area contributed by atoms with Crippen molar-refractivity contribution in [1.29, 1.82) is 5.26 Å². The van der Waals surface area contributed by atoms with E-state index in [9.17, 15) is 0 Å². The molecule has 1 heterocycles. The summed E-state index contributed by atoms with van der Waals surface area (Å²) < 4.78 is 0. The predicted octanol–water partition coefficient (Wildman–Crippen LogP) is 3.29. The van der Waals surface area contributed by atoms with E-state index in [1.54, 1.807) is 0 Å².